The third-order valence-electron chi connectivity index (χ3n) is 3.93. The Hall–Kier alpha value is -0.790. The normalized spacial score (nSPS) is 11.5. The van der Waals surface area contributed by atoms with E-state index >= 15 is 0 Å². The van der Waals surface area contributed by atoms with Crippen LogP contribution in [0.25, 0.3) is 0 Å². The van der Waals surface area contributed by atoms with Gasteiger partial charge in [0.05, 0.1) is 5.69 Å². The Kier molecular flexibility index (Phi) is 11.3. The Morgan fingerprint density at radius 2 is 1.91 bits per heavy atom. The molecule has 0 radical (unpaired) electrons. The number of rotatable bonds is 8. The van der Waals surface area contributed by atoms with Crippen molar-refractivity contribution in [2.75, 3.05) is 13.6 Å². The van der Waals surface area contributed by atoms with Crippen molar-refractivity contribution >= 4 is 29.9 Å². The summed E-state index contributed by atoms with van der Waals surface area (Å²) in [4.78, 5) is 4.30. The molecule has 23 heavy (non-hydrogen) atoms. The number of aliphatic imine (C=N–C) groups is 1. The SMILES string of the molecule is CCc1nn(C)c(CC)c1CNC(=NC)NCCCC(C)C.I. The Balaban J connectivity index is 0.00000484. The zero-order valence-electron chi connectivity index (χ0n) is 15.6. The fourth-order valence-corrected chi connectivity index (χ4v) is 2.70. The standard InChI is InChI=1S/C17H33N5.HI/c1-7-15-14(16(8-2)22(6)21-15)12-20-17(18-5)19-11-9-10-13(3)4;/h13H,7-12H2,1-6H3,(H2,18,19,20);1H. The lowest BCUT2D eigenvalue weighted by Gasteiger charge is -2.13. The number of hydrogen-bond acceptors (Lipinski definition) is 2. The molecule has 0 fully saturated rings. The summed E-state index contributed by atoms with van der Waals surface area (Å²) in [6, 6.07) is 0. The number of aromatic nitrogens is 2. The highest BCUT2D eigenvalue weighted by molar-refractivity contribution is 14.0. The van der Waals surface area contributed by atoms with Crippen molar-refractivity contribution in [3.05, 3.63) is 17.0 Å². The van der Waals surface area contributed by atoms with Crippen LogP contribution < -0.4 is 10.6 Å². The van der Waals surface area contributed by atoms with Crippen molar-refractivity contribution in [2.45, 2.75) is 59.9 Å². The van der Waals surface area contributed by atoms with E-state index in [9.17, 15) is 0 Å². The summed E-state index contributed by atoms with van der Waals surface area (Å²) in [5, 5.41) is 11.4. The minimum atomic E-state index is 0. The Morgan fingerprint density at radius 3 is 2.43 bits per heavy atom. The molecule has 2 N–H and O–H groups in total. The van der Waals surface area contributed by atoms with E-state index in [0.29, 0.717) is 0 Å². The predicted molar refractivity (Wildman–Crippen MR) is 110 cm³/mol. The number of guanidine groups is 1. The molecule has 1 aromatic rings. The molecule has 0 unspecified atom stereocenters. The van der Waals surface area contributed by atoms with Crippen LogP contribution in [0.5, 0.6) is 0 Å². The van der Waals surface area contributed by atoms with Gasteiger partial charge in [0.15, 0.2) is 5.96 Å². The molecule has 0 spiro atoms. The summed E-state index contributed by atoms with van der Waals surface area (Å²) in [6.07, 6.45) is 4.38. The Labute approximate surface area is 158 Å². The highest BCUT2D eigenvalue weighted by Crippen LogP contribution is 2.15. The van der Waals surface area contributed by atoms with E-state index in [1.165, 1.54) is 29.8 Å². The molecule has 0 amide bonds. The van der Waals surface area contributed by atoms with Gasteiger partial charge in [-0.05, 0) is 31.6 Å². The molecular weight excluding hydrogens is 401 g/mol. The molecule has 134 valence electrons. The largest absolute Gasteiger partial charge is 0.356 e. The lowest BCUT2D eigenvalue weighted by Crippen LogP contribution is -2.37. The van der Waals surface area contributed by atoms with E-state index in [1.54, 1.807) is 0 Å². The highest BCUT2D eigenvalue weighted by atomic mass is 127. The zero-order chi connectivity index (χ0) is 16.5. The predicted octanol–water partition coefficient (Wildman–Crippen LogP) is 3.26. The summed E-state index contributed by atoms with van der Waals surface area (Å²) >= 11 is 0. The summed E-state index contributed by atoms with van der Waals surface area (Å²) in [6.45, 7) is 10.6. The molecule has 0 saturated heterocycles. The lowest BCUT2D eigenvalue weighted by atomic mass is 10.1. The van der Waals surface area contributed by atoms with Gasteiger partial charge in [0.2, 0.25) is 0 Å². The van der Waals surface area contributed by atoms with Gasteiger partial charge in [0.25, 0.3) is 0 Å². The molecule has 0 aliphatic heterocycles. The summed E-state index contributed by atoms with van der Waals surface area (Å²) < 4.78 is 2.01. The van der Waals surface area contributed by atoms with E-state index in [-0.39, 0.29) is 24.0 Å². The summed E-state index contributed by atoms with van der Waals surface area (Å²) in [7, 11) is 3.85. The van der Waals surface area contributed by atoms with Crippen molar-refractivity contribution in [1.29, 1.82) is 0 Å². The van der Waals surface area contributed by atoms with E-state index in [0.717, 1.165) is 37.8 Å². The molecule has 0 atom stereocenters. The fraction of sp³-hybridized carbons (Fsp3) is 0.765. The second kappa shape index (κ2) is 11.7. The van der Waals surface area contributed by atoms with Gasteiger partial charge in [0.1, 0.15) is 0 Å². The fourth-order valence-electron chi connectivity index (χ4n) is 2.70. The Bertz CT molecular complexity index is 480. The second-order valence-electron chi connectivity index (χ2n) is 6.09. The van der Waals surface area contributed by atoms with Crippen molar-refractivity contribution in [2.24, 2.45) is 18.0 Å². The van der Waals surface area contributed by atoms with Crippen LogP contribution in [0.2, 0.25) is 0 Å². The van der Waals surface area contributed by atoms with Crippen LogP contribution in [0.1, 0.15) is 57.5 Å². The third kappa shape index (κ3) is 7.10. The van der Waals surface area contributed by atoms with E-state index in [4.69, 9.17) is 0 Å². The van der Waals surface area contributed by atoms with Crippen LogP contribution in [0.3, 0.4) is 0 Å². The summed E-state index contributed by atoms with van der Waals surface area (Å²) in [5.74, 6) is 1.63. The number of aryl methyl sites for hydroxylation is 2. The minimum Gasteiger partial charge on any atom is -0.356 e. The maximum absolute atomic E-state index is 4.61. The highest BCUT2D eigenvalue weighted by Gasteiger charge is 2.13. The maximum Gasteiger partial charge on any atom is 0.191 e. The molecule has 0 saturated carbocycles. The molecule has 0 aliphatic carbocycles. The quantitative estimate of drug-likeness (QED) is 0.285. The molecule has 1 rings (SSSR count). The number of halogens is 1. The van der Waals surface area contributed by atoms with Crippen LogP contribution >= 0.6 is 24.0 Å². The molecule has 0 aromatic carbocycles. The van der Waals surface area contributed by atoms with Gasteiger partial charge in [-0.1, -0.05) is 27.7 Å². The second-order valence-corrected chi connectivity index (χ2v) is 6.09. The Morgan fingerprint density at radius 1 is 1.22 bits per heavy atom. The van der Waals surface area contributed by atoms with Crippen LogP contribution in [0.4, 0.5) is 0 Å². The smallest absolute Gasteiger partial charge is 0.191 e. The van der Waals surface area contributed by atoms with E-state index in [1.807, 2.05) is 18.8 Å². The van der Waals surface area contributed by atoms with Crippen LogP contribution in [0.15, 0.2) is 4.99 Å². The van der Waals surface area contributed by atoms with Gasteiger partial charge >= 0.3 is 0 Å². The average molecular weight is 435 g/mol. The topological polar surface area (TPSA) is 54.2 Å². The first-order valence-electron chi connectivity index (χ1n) is 8.51. The van der Waals surface area contributed by atoms with Gasteiger partial charge in [-0.3, -0.25) is 9.67 Å². The molecule has 5 nitrogen and oxygen atoms in total. The van der Waals surface area contributed by atoms with Crippen LogP contribution in [-0.2, 0) is 26.4 Å². The number of hydrogen-bond donors (Lipinski definition) is 2. The van der Waals surface area contributed by atoms with Crippen molar-refractivity contribution in [3.63, 3.8) is 0 Å². The van der Waals surface area contributed by atoms with Gasteiger partial charge < -0.3 is 10.6 Å². The number of nitrogens with zero attached hydrogens (tertiary/aromatic N) is 3. The first-order valence-corrected chi connectivity index (χ1v) is 8.51. The minimum absolute atomic E-state index is 0. The van der Waals surface area contributed by atoms with Gasteiger partial charge in [-0.25, -0.2) is 0 Å². The third-order valence-corrected chi connectivity index (χ3v) is 3.93. The van der Waals surface area contributed by atoms with Crippen molar-refractivity contribution < 1.29 is 0 Å². The summed E-state index contributed by atoms with van der Waals surface area (Å²) in [5.41, 5.74) is 3.80. The van der Waals surface area contributed by atoms with Gasteiger partial charge in [0, 0.05) is 38.4 Å². The van der Waals surface area contributed by atoms with Crippen molar-refractivity contribution in [3.8, 4) is 0 Å². The van der Waals surface area contributed by atoms with Crippen LogP contribution in [-0.4, -0.2) is 29.3 Å². The molecule has 1 heterocycles. The molecule has 0 aliphatic rings. The molecule has 6 heteroatoms. The molecule has 0 bridgehead atoms. The average Bonchev–Trinajstić information content (AvgIpc) is 2.81. The van der Waals surface area contributed by atoms with Crippen molar-refractivity contribution in [1.82, 2.24) is 20.4 Å². The maximum atomic E-state index is 4.61. The molecular formula is C17H34IN5. The van der Waals surface area contributed by atoms with Crippen LogP contribution in [0, 0.1) is 5.92 Å². The van der Waals surface area contributed by atoms with E-state index in [2.05, 4.69) is 48.4 Å². The number of nitrogens with one attached hydrogen (secondary N) is 2. The van der Waals surface area contributed by atoms with E-state index < -0.39 is 0 Å². The molecule has 1 aromatic heterocycles. The first kappa shape index (κ1) is 22.2. The lowest BCUT2D eigenvalue weighted by molar-refractivity contribution is 0.549. The monoisotopic (exact) mass is 435 g/mol. The van der Waals surface area contributed by atoms with Gasteiger partial charge in [-0.15, -0.1) is 24.0 Å². The zero-order valence-corrected chi connectivity index (χ0v) is 17.9. The first-order chi connectivity index (χ1) is 10.5. The van der Waals surface area contributed by atoms with Gasteiger partial charge in [-0.2, -0.15) is 5.10 Å².